The summed E-state index contributed by atoms with van der Waals surface area (Å²) in [6, 6.07) is 20.6. The third-order valence-corrected chi connectivity index (χ3v) is 4.67. The van der Waals surface area contributed by atoms with Crippen LogP contribution in [0.15, 0.2) is 73.1 Å². The lowest BCUT2D eigenvalue weighted by molar-refractivity contribution is -0.120. The van der Waals surface area contributed by atoms with Crippen LogP contribution in [-0.2, 0) is 24.3 Å². The number of pyridine rings is 1. The number of aromatic nitrogens is 1. The Balaban J connectivity index is 1.45. The number of hydrogen-bond acceptors (Lipinski definition) is 3. The van der Waals surface area contributed by atoms with Crippen LogP contribution in [0.4, 0.5) is 5.69 Å². The number of benzene rings is 2. The molecule has 2 N–H and O–H groups in total. The lowest BCUT2D eigenvalue weighted by atomic mass is 10.0. The average Bonchev–Trinajstić information content (AvgIpc) is 2.73. The van der Waals surface area contributed by atoms with Gasteiger partial charge < -0.3 is 10.6 Å². The Morgan fingerprint density at radius 1 is 0.893 bits per heavy atom. The maximum Gasteiger partial charge on any atom is 0.224 e. The number of carbonyl (C=O) groups excluding carboxylic acids is 1. The Morgan fingerprint density at radius 3 is 2.25 bits per heavy atom. The summed E-state index contributed by atoms with van der Waals surface area (Å²) in [5, 5.41) is 6.36. The van der Waals surface area contributed by atoms with Gasteiger partial charge in [0.2, 0.25) is 5.91 Å². The number of hydrogen-bond donors (Lipinski definition) is 2. The number of amides is 1. The van der Waals surface area contributed by atoms with Crippen molar-refractivity contribution < 1.29 is 4.79 Å². The van der Waals surface area contributed by atoms with Gasteiger partial charge in [-0.15, -0.1) is 0 Å². The van der Waals surface area contributed by atoms with Gasteiger partial charge in [-0.25, -0.2) is 0 Å². The molecule has 144 valence electrons. The first kappa shape index (κ1) is 19.6. The molecule has 0 radical (unpaired) electrons. The molecule has 2 aromatic carbocycles. The molecule has 28 heavy (non-hydrogen) atoms. The zero-order chi connectivity index (χ0) is 19.8. The smallest absolute Gasteiger partial charge is 0.224 e. The first-order chi connectivity index (χ1) is 13.6. The Kier molecular flexibility index (Phi) is 6.79. The molecule has 0 aliphatic heterocycles. The number of anilines is 1. The lowest BCUT2D eigenvalue weighted by Crippen LogP contribution is -2.24. The maximum absolute atomic E-state index is 12.1. The fourth-order valence-corrected chi connectivity index (χ4v) is 2.92. The van der Waals surface area contributed by atoms with Crippen LogP contribution < -0.4 is 10.6 Å². The standard InChI is InChI=1S/C24H27N3O/c1-18(2)22-9-5-20(6-10-22)16-26-23-11-7-19(8-12-23)14-24(28)27-17-21-4-3-13-25-15-21/h3-13,15,18,26H,14,16-17H2,1-2H3,(H,27,28). The van der Waals surface area contributed by atoms with E-state index in [1.54, 1.807) is 12.4 Å². The van der Waals surface area contributed by atoms with Crippen molar-refractivity contribution in [2.45, 2.75) is 39.3 Å². The molecule has 0 aliphatic carbocycles. The lowest BCUT2D eigenvalue weighted by Gasteiger charge is -2.10. The van der Waals surface area contributed by atoms with Gasteiger partial charge in [-0.05, 0) is 46.4 Å². The molecule has 0 spiro atoms. The van der Waals surface area contributed by atoms with E-state index < -0.39 is 0 Å². The Morgan fingerprint density at radius 2 is 1.61 bits per heavy atom. The topological polar surface area (TPSA) is 54.0 Å². The summed E-state index contributed by atoms with van der Waals surface area (Å²) in [5.41, 5.74) is 5.65. The summed E-state index contributed by atoms with van der Waals surface area (Å²) in [4.78, 5) is 16.2. The maximum atomic E-state index is 12.1. The highest BCUT2D eigenvalue weighted by molar-refractivity contribution is 5.78. The summed E-state index contributed by atoms with van der Waals surface area (Å²) in [6.45, 7) is 5.69. The van der Waals surface area contributed by atoms with Crippen molar-refractivity contribution >= 4 is 11.6 Å². The number of nitrogens with zero attached hydrogens (tertiary/aromatic N) is 1. The van der Waals surface area contributed by atoms with Crippen molar-refractivity contribution in [2.24, 2.45) is 0 Å². The molecule has 4 nitrogen and oxygen atoms in total. The third kappa shape index (κ3) is 5.95. The average molecular weight is 374 g/mol. The molecular formula is C24H27N3O. The molecule has 0 saturated carbocycles. The van der Waals surface area contributed by atoms with Crippen LogP contribution in [0.5, 0.6) is 0 Å². The van der Waals surface area contributed by atoms with Crippen LogP contribution in [0.25, 0.3) is 0 Å². The quantitative estimate of drug-likeness (QED) is 0.603. The predicted molar refractivity (Wildman–Crippen MR) is 114 cm³/mol. The molecule has 3 rings (SSSR count). The first-order valence-corrected chi connectivity index (χ1v) is 9.67. The minimum Gasteiger partial charge on any atom is -0.381 e. The van der Waals surface area contributed by atoms with E-state index in [9.17, 15) is 4.79 Å². The molecule has 1 amide bonds. The molecule has 4 heteroatoms. The summed E-state index contributed by atoms with van der Waals surface area (Å²) < 4.78 is 0. The van der Waals surface area contributed by atoms with Gasteiger partial charge in [0.15, 0.2) is 0 Å². The number of rotatable bonds is 8. The van der Waals surface area contributed by atoms with Gasteiger partial charge in [0.1, 0.15) is 0 Å². The normalized spacial score (nSPS) is 10.7. The number of carbonyl (C=O) groups is 1. The van der Waals surface area contributed by atoms with Crippen LogP contribution in [0.3, 0.4) is 0 Å². The third-order valence-electron chi connectivity index (χ3n) is 4.67. The zero-order valence-electron chi connectivity index (χ0n) is 16.5. The van der Waals surface area contributed by atoms with Crippen LogP contribution >= 0.6 is 0 Å². The van der Waals surface area contributed by atoms with Crippen molar-refractivity contribution in [2.75, 3.05) is 5.32 Å². The van der Waals surface area contributed by atoms with Gasteiger partial charge >= 0.3 is 0 Å². The Labute approximate surface area is 167 Å². The minimum atomic E-state index is 0.00908. The molecule has 1 aromatic heterocycles. The van der Waals surface area contributed by atoms with Crippen molar-refractivity contribution in [1.29, 1.82) is 0 Å². The molecule has 0 fully saturated rings. The van der Waals surface area contributed by atoms with Gasteiger partial charge in [-0.1, -0.05) is 56.3 Å². The van der Waals surface area contributed by atoms with E-state index in [-0.39, 0.29) is 5.91 Å². The van der Waals surface area contributed by atoms with Crippen molar-refractivity contribution in [1.82, 2.24) is 10.3 Å². The molecule has 0 bridgehead atoms. The van der Waals surface area contributed by atoms with E-state index in [0.717, 1.165) is 23.4 Å². The van der Waals surface area contributed by atoms with Crippen LogP contribution in [0, 0.1) is 0 Å². The molecular weight excluding hydrogens is 346 g/mol. The van der Waals surface area contributed by atoms with Crippen molar-refractivity contribution in [3.8, 4) is 0 Å². The largest absolute Gasteiger partial charge is 0.381 e. The Hall–Kier alpha value is -3.14. The SMILES string of the molecule is CC(C)c1ccc(CNc2ccc(CC(=O)NCc3cccnc3)cc2)cc1. The van der Waals surface area contributed by atoms with Crippen LogP contribution in [0.2, 0.25) is 0 Å². The van der Waals surface area contributed by atoms with E-state index in [0.29, 0.717) is 18.9 Å². The monoisotopic (exact) mass is 373 g/mol. The minimum absolute atomic E-state index is 0.00908. The van der Waals surface area contributed by atoms with Crippen molar-refractivity contribution in [3.05, 3.63) is 95.3 Å². The molecule has 0 saturated heterocycles. The second-order valence-electron chi connectivity index (χ2n) is 7.26. The van der Waals surface area contributed by atoms with Gasteiger partial charge in [0.25, 0.3) is 0 Å². The van der Waals surface area contributed by atoms with Gasteiger partial charge in [-0.2, -0.15) is 0 Å². The molecule has 0 unspecified atom stereocenters. The van der Waals surface area contributed by atoms with Gasteiger partial charge in [0, 0.05) is 31.2 Å². The second kappa shape index (κ2) is 9.70. The molecule has 0 aliphatic rings. The van der Waals surface area contributed by atoms with Crippen LogP contribution in [0.1, 0.15) is 42.0 Å². The van der Waals surface area contributed by atoms with E-state index >= 15 is 0 Å². The summed E-state index contributed by atoms with van der Waals surface area (Å²) in [6.07, 6.45) is 3.86. The zero-order valence-corrected chi connectivity index (χ0v) is 16.5. The van der Waals surface area contributed by atoms with Gasteiger partial charge in [0.05, 0.1) is 6.42 Å². The summed E-state index contributed by atoms with van der Waals surface area (Å²) in [5.74, 6) is 0.561. The van der Waals surface area contributed by atoms with E-state index in [4.69, 9.17) is 0 Å². The van der Waals surface area contributed by atoms with E-state index in [1.165, 1.54) is 11.1 Å². The van der Waals surface area contributed by atoms with Gasteiger partial charge in [-0.3, -0.25) is 9.78 Å². The molecule has 3 aromatic rings. The van der Waals surface area contributed by atoms with E-state index in [2.05, 4.69) is 53.7 Å². The highest BCUT2D eigenvalue weighted by atomic mass is 16.1. The fraction of sp³-hybridized carbons (Fsp3) is 0.250. The van der Waals surface area contributed by atoms with E-state index in [1.807, 2.05) is 36.4 Å². The highest BCUT2D eigenvalue weighted by Gasteiger charge is 2.04. The van der Waals surface area contributed by atoms with Crippen LogP contribution in [-0.4, -0.2) is 10.9 Å². The van der Waals surface area contributed by atoms with Crippen molar-refractivity contribution in [3.63, 3.8) is 0 Å². The fourth-order valence-electron chi connectivity index (χ4n) is 2.92. The molecule has 0 atom stereocenters. The first-order valence-electron chi connectivity index (χ1n) is 9.67. The highest BCUT2D eigenvalue weighted by Crippen LogP contribution is 2.16. The number of nitrogens with one attached hydrogen (secondary N) is 2. The Bertz CT molecular complexity index is 872. The predicted octanol–water partition coefficient (Wildman–Crippen LogP) is 4.68. The summed E-state index contributed by atoms with van der Waals surface area (Å²) >= 11 is 0. The summed E-state index contributed by atoms with van der Waals surface area (Å²) in [7, 11) is 0. The molecule has 1 heterocycles. The second-order valence-corrected chi connectivity index (χ2v) is 7.26.